The highest BCUT2D eigenvalue weighted by Gasteiger charge is 2.29. The second kappa shape index (κ2) is 7.12. The van der Waals surface area contributed by atoms with Crippen LogP contribution in [-0.2, 0) is 19.6 Å². The molecule has 0 unspecified atom stereocenters. The quantitative estimate of drug-likeness (QED) is 0.796. The average Bonchev–Trinajstić information content (AvgIpc) is 2.61. The zero-order chi connectivity index (χ0) is 18.7. The maximum absolute atomic E-state index is 12.5. The molecule has 0 saturated heterocycles. The Bertz CT molecular complexity index is 930. The molecule has 1 aromatic carbocycles. The summed E-state index contributed by atoms with van der Waals surface area (Å²) >= 11 is 0. The molecule has 1 N–H and O–H groups in total. The van der Waals surface area contributed by atoms with Crippen LogP contribution in [0.15, 0.2) is 52.6 Å². The molecule has 0 spiro atoms. The van der Waals surface area contributed by atoms with Crippen LogP contribution < -0.4 is 5.32 Å². The molecule has 26 heavy (non-hydrogen) atoms. The molecule has 1 aromatic rings. The van der Waals surface area contributed by atoms with Crippen LogP contribution in [0, 0.1) is 0 Å². The number of esters is 1. The van der Waals surface area contributed by atoms with Gasteiger partial charge < -0.3 is 15.0 Å². The molecule has 0 radical (unpaired) electrons. The molecule has 2 aliphatic rings. The van der Waals surface area contributed by atoms with Crippen LogP contribution in [0.25, 0.3) is 0 Å². The number of sulfonamides is 1. The fraction of sp³-hybridized carbons (Fsp3) is 0.235. The number of fused-ring (bicyclic) bond motifs is 1. The van der Waals surface area contributed by atoms with Crippen molar-refractivity contribution in [2.24, 2.45) is 4.40 Å². The molecule has 0 fully saturated rings. The number of hydrogen-bond donors (Lipinski definition) is 1. The second-order valence-electron chi connectivity index (χ2n) is 5.57. The first-order valence-electron chi connectivity index (χ1n) is 7.96. The summed E-state index contributed by atoms with van der Waals surface area (Å²) in [6.45, 7) is 2.24. The van der Waals surface area contributed by atoms with Gasteiger partial charge in [0, 0.05) is 18.4 Å². The Kier molecular flexibility index (Phi) is 4.90. The third-order valence-corrected chi connectivity index (χ3v) is 4.91. The molecule has 2 aliphatic heterocycles. The highest BCUT2D eigenvalue weighted by atomic mass is 32.2. The van der Waals surface area contributed by atoms with Crippen LogP contribution >= 0.6 is 0 Å². The molecule has 0 aromatic heterocycles. The molecule has 1 amide bonds. The third kappa shape index (κ3) is 3.83. The Morgan fingerprint density at radius 1 is 1.27 bits per heavy atom. The Hall–Kier alpha value is -2.94. The lowest BCUT2D eigenvalue weighted by Crippen LogP contribution is -2.40. The lowest BCUT2D eigenvalue weighted by atomic mass is 10.1. The Morgan fingerprint density at radius 3 is 2.69 bits per heavy atom. The standard InChI is InChI=1S/C17H17N3O5S/c1-2-25-17(22)12-5-7-13(8-6-12)18-16(21)14-4-3-9-20-10-11-26(23,24)19-15(14)20/h3-9H,2,10-11H2,1H3,(H,18,21). The fourth-order valence-electron chi connectivity index (χ4n) is 2.50. The molecule has 2 heterocycles. The van der Waals surface area contributed by atoms with Crippen molar-refractivity contribution in [1.29, 1.82) is 0 Å². The van der Waals surface area contributed by atoms with Crippen molar-refractivity contribution in [3.05, 3.63) is 53.8 Å². The molecule has 8 nitrogen and oxygen atoms in total. The van der Waals surface area contributed by atoms with E-state index in [0.29, 0.717) is 11.3 Å². The van der Waals surface area contributed by atoms with Gasteiger partial charge in [-0.05, 0) is 43.3 Å². The van der Waals surface area contributed by atoms with Gasteiger partial charge in [0.1, 0.15) is 0 Å². The molecule has 0 bridgehead atoms. The van der Waals surface area contributed by atoms with E-state index in [4.69, 9.17) is 4.74 Å². The van der Waals surface area contributed by atoms with Crippen LogP contribution in [0.2, 0.25) is 0 Å². The van der Waals surface area contributed by atoms with Gasteiger partial charge in [-0.3, -0.25) is 4.79 Å². The van der Waals surface area contributed by atoms with E-state index >= 15 is 0 Å². The lowest BCUT2D eigenvalue weighted by Gasteiger charge is -2.28. The predicted octanol–water partition coefficient (Wildman–Crippen LogP) is 1.30. The first-order chi connectivity index (χ1) is 12.4. The first kappa shape index (κ1) is 17.9. The Balaban J connectivity index is 1.77. The maximum atomic E-state index is 12.5. The topological polar surface area (TPSA) is 105 Å². The van der Waals surface area contributed by atoms with E-state index in [1.165, 1.54) is 18.2 Å². The summed E-state index contributed by atoms with van der Waals surface area (Å²) in [5.74, 6) is -0.910. The van der Waals surface area contributed by atoms with Gasteiger partial charge in [0.2, 0.25) is 0 Å². The van der Waals surface area contributed by atoms with Crippen molar-refractivity contribution < 1.29 is 22.7 Å². The van der Waals surface area contributed by atoms with Crippen LogP contribution in [0.4, 0.5) is 5.69 Å². The van der Waals surface area contributed by atoms with Crippen molar-refractivity contribution in [1.82, 2.24) is 4.90 Å². The number of carbonyl (C=O) groups excluding carboxylic acids is 2. The third-order valence-electron chi connectivity index (χ3n) is 3.76. The molecular formula is C17H17N3O5S. The summed E-state index contributed by atoms with van der Waals surface area (Å²) < 4.78 is 32.1. The lowest BCUT2D eigenvalue weighted by molar-refractivity contribution is -0.112. The second-order valence-corrected chi connectivity index (χ2v) is 7.32. The van der Waals surface area contributed by atoms with Crippen LogP contribution in [0.3, 0.4) is 0 Å². The van der Waals surface area contributed by atoms with Gasteiger partial charge in [-0.15, -0.1) is 4.40 Å². The van der Waals surface area contributed by atoms with Crippen LogP contribution in [0.1, 0.15) is 17.3 Å². The van der Waals surface area contributed by atoms with E-state index in [1.807, 2.05) is 0 Å². The normalized spacial score (nSPS) is 17.7. The monoisotopic (exact) mass is 375 g/mol. The van der Waals surface area contributed by atoms with E-state index < -0.39 is 21.9 Å². The summed E-state index contributed by atoms with van der Waals surface area (Å²) in [6, 6.07) is 6.22. The minimum absolute atomic E-state index is 0.0922. The molecule has 9 heteroatoms. The fourth-order valence-corrected chi connectivity index (χ4v) is 3.48. The van der Waals surface area contributed by atoms with Gasteiger partial charge in [-0.25, -0.2) is 13.2 Å². The van der Waals surface area contributed by atoms with E-state index in [0.717, 1.165) is 0 Å². The molecule has 3 rings (SSSR count). The smallest absolute Gasteiger partial charge is 0.338 e. The van der Waals surface area contributed by atoms with Gasteiger partial charge in [0.15, 0.2) is 5.84 Å². The Morgan fingerprint density at radius 2 is 2.00 bits per heavy atom. The number of amidine groups is 1. The Labute approximate surface area is 150 Å². The van der Waals surface area contributed by atoms with Crippen LogP contribution in [0.5, 0.6) is 0 Å². The number of ether oxygens (including phenoxy) is 1. The zero-order valence-electron chi connectivity index (χ0n) is 14.0. The van der Waals surface area contributed by atoms with Crippen molar-refractivity contribution in [2.75, 3.05) is 24.2 Å². The van der Waals surface area contributed by atoms with E-state index in [9.17, 15) is 18.0 Å². The molecule has 136 valence electrons. The minimum atomic E-state index is -3.57. The van der Waals surface area contributed by atoms with E-state index in [1.54, 1.807) is 36.2 Å². The number of anilines is 1. The largest absolute Gasteiger partial charge is 0.462 e. The summed E-state index contributed by atoms with van der Waals surface area (Å²) in [5, 5.41) is 2.67. The van der Waals surface area contributed by atoms with Crippen molar-refractivity contribution >= 4 is 33.4 Å². The number of allylic oxidation sites excluding steroid dienone is 2. The SMILES string of the molecule is CCOC(=O)c1ccc(NC(=O)C2=CC=CN3CCS(=O)(=O)N=C23)cc1. The summed E-state index contributed by atoms with van der Waals surface area (Å²) in [7, 11) is -3.57. The number of nitrogens with zero attached hydrogens (tertiary/aromatic N) is 2. The van der Waals surface area contributed by atoms with Gasteiger partial charge in [0.25, 0.3) is 15.9 Å². The molecule has 0 saturated carbocycles. The number of benzene rings is 1. The highest BCUT2D eigenvalue weighted by molar-refractivity contribution is 7.90. The van der Waals surface area contributed by atoms with Crippen molar-refractivity contribution in [2.45, 2.75) is 6.92 Å². The number of carbonyl (C=O) groups is 2. The predicted molar refractivity (Wildman–Crippen MR) is 96.2 cm³/mol. The molecule has 0 aliphatic carbocycles. The van der Waals surface area contributed by atoms with E-state index in [-0.39, 0.29) is 30.3 Å². The molecular weight excluding hydrogens is 358 g/mol. The van der Waals surface area contributed by atoms with Crippen molar-refractivity contribution in [3.8, 4) is 0 Å². The van der Waals surface area contributed by atoms with Crippen molar-refractivity contribution in [3.63, 3.8) is 0 Å². The number of hydrogen-bond acceptors (Lipinski definition) is 6. The number of nitrogens with one attached hydrogen (secondary N) is 1. The number of rotatable bonds is 4. The summed E-state index contributed by atoms with van der Waals surface area (Å²) in [4.78, 5) is 25.8. The number of amides is 1. The molecule has 0 atom stereocenters. The minimum Gasteiger partial charge on any atom is -0.462 e. The van der Waals surface area contributed by atoms with Gasteiger partial charge in [-0.1, -0.05) is 0 Å². The van der Waals surface area contributed by atoms with E-state index in [2.05, 4.69) is 9.71 Å². The van der Waals surface area contributed by atoms with Crippen LogP contribution in [-0.4, -0.2) is 49.9 Å². The van der Waals surface area contributed by atoms with Gasteiger partial charge in [0.05, 0.1) is 23.5 Å². The maximum Gasteiger partial charge on any atom is 0.338 e. The highest BCUT2D eigenvalue weighted by Crippen LogP contribution is 2.19. The first-order valence-corrected chi connectivity index (χ1v) is 9.57. The summed E-state index contributed by atoms with van der Waals surface area (Å²) in [5.41, 5.74) is 0.994. The van der Waals surface area contributed by atoms with Gasteiger partial charge in [-0.2, -0.15) is 0 Å². The zero-order valence-corrected chi connectivity index (χ0v) is 14.8. The average molecular weight is 375 g/mol. The summed E-state index contributed by atoms with van der Waals surface area (Å²) in [6.07, 6.45) is 4.85. The van der Waals surface area contributed by atoms with Gasteiger partial charge >= 0.3 is 5.97 Å².